The highest BCUT2D eigenvalue weighted by Gasteiger charge is 2.17. The molecule has 0 atom stereocenters. The zero-order valence-corrected chi connectivity index (χ0v) is 18.2. The minimum absolute atomic E-state index is 0.127. The van der Waals surface area contributed by atoms with Crippen molar-refractivity contribution in [2.75, 3.05) is 30.8 Å². The second-order valence-electron chi connectivity index (χ2n) is 6.51. The van der Waals surface area contributed by atoms with Gasteiger partial charge in [-0.05, 0) is 12.1 Å². The maximum absolute atomic E-state index is 12.1. The van der Waals surface area contributed by atoms with E-state index in [1.807, 2.05) is 6.07 Å². The molecule has 0 aliphatic heterocycles. The second kappa shape index (κ2) is 9.17. The minimum Gasteiger partial charge on any atom is -0.481 e. The number of sulfonamides is 1. The number of imidazole rings is 1. The number of anilines is 1. The number of halogens is 2. The molecule has 2 N–H and O–H groups in total. The Labute approximate surface area is 183 Å². The summed E-state index contributed by atoms with van der Waals surface area (Å²) in [6.07, 6.45) is 4.77. The molecule has 0 spiro atoms. The fourth-order valence-corrected chi connectivity index (χ4v) is 4.20. The van der Waals surface area contributed by atoms with Gasteiger partial charge in [0, 0.05) is 44.0 Å². The third kappa shape index (κ3) is 5.20. The van der Waals surface area contributed by atoms with Gasteiger partial charge in [-0.15, -0.1) is 0 Å². The molecule has 2 heterocycles. The van der Waals surface area contributed by atoms with E-state index in [0.717, 1.165) is 11.1 Å². The van der Waals surface area contributed by atoms with Crippen molar-refractivity contribution in [1.29, 1.82) is 0 Å². The molecule has 160 valence electrons. The molecular formula is C18H19Cl2N5O4S. The van der Waals surface area contributed by atoms with E-state index in [-0.39, 0.29) is 25.3 Å². The molecule has 0 fully saturated rings. The third-order valence-electron chi connectivity index (χ3n) is 4.37. The second-order valence-corrected chi connectivity index (χ2v) is 9.22. The van der Waals surface area contributed by atoms with Gasteiger partial charge in [-0.3, -0.25) is 4.79 Å². The zero-order valence-electron chi connectivity index (χ0n) is 15.9. The lowest BCUT2D eigenvalue weighted by atomic mass is 10.1. The van der Waals surface area contributed by atoms with Crippen LogP contribution in [0.15, 0.2) is 36.9 Å². The predicted molar refractivity (Wildman–Crippen MR) is 116 cm³/mol. The van der Waals surface area contributed by atoms with Crippen molar-refractivity contribution >= 4 is 55.9 Å². The fraction of sp³-hybridized carbons (Fsp3) is 0.278. The monoisotopic (exact) mass is 471 g/mol. The van der Waals surface area contributed by atoms with Crippen LogP contribution < -0.4 is 9.62 Å². The van der Waals surface area contributed by atoms with Crippen LogP contribution in [0.4, 0.5) is 5.82 Å². The summed E-state index contributed by atoms with van der Waals surface area (Å²) in [6.45, 7) is -0.0308. The highest BCUT2D eigenvalue weighted by atomic mass is 35.5. The lowest BCUT2D eigenvalue weighted by Crippen LogP contribution is -2.34. The Hall–Kier alpha value is -2.40. The van der Waals surface area contributed by atoms with Crippen molar-refractivity contribution in [3.63, 3.8) is 0 Å². The van der Waals surface area contributed by atoms with Gasteiger partial charge in [-0.1, -0.05) is 23.2 Å². The maximum atomic E-state index is 12.1. The summed E-state index contributed by atoms with van der Waals surface area (Å²) < 4.78 is 28.3. The van der Waals surface area contributed by atoms with Crippen LogP contribution in [0.1, 0.15) is 6.42 Å². The summed E-state index contributed by atoms with van der Waals surface area (Å²) in [5.74, 6) is -0.805. The summed E-state index contributed by atoms with van der Waals surface area (Å²) in [5.41, 5.74) is 1.25. The number of pyridine rings is 1. The van der Waals surface area contributed by atoms with E-state index in [0.29, 0.717) is 21.4 Å². The molecule has 9 nitrogen and oxygen atoms in total. The van der Waals surface area contributed by atoms with Gasteiger partial charge in [-0.2, -0.15) is 0 Å². The van der Waals surface area contributed by atoms with E-state index in [2.05, 4.69) is 14.7 Å². The number of carboxylic acid groups (broad SMARTS) is 1. The number of carbonyl (C=O) groups is 1. The molecule has 0 saturated carbocycles. The van der Waals surface area contributed by atoms with Crippen LogP contribution in [0.3, 0.4) is 0 Å². The van der Waals surface area contributed by atoms with Crippen LogP contribution in [-0.2, 0) is 14.8 Å². The minimum atomic E-state index is -3.64. The Balaban J connectivity index is 1.88. The number of aromatic nitrogens is 3. The molecule has 12 heteroatoms. The normalized spacial score (nSPS) is 11.7. The molecule has 0 bridgehead atoms. The Bertz CT molecular complexity index is 1170. The number of nitrogens with one attached hydrogen (secondary N) is 1. The molecular weight excluding hydrogens is 453 g/mol. The van der Waals surface area contributed by atoms with Gasteiger partial charge >= 0.3 is 5.97 Å². The summed E-state index contributed by atoms with van der Waals surface area (Å²) in [4.78, 5) is 20.9. The zero-order chi connectivity index (χ0) is 21.9. The maximum Gasteiger partial charge on any atom is 0.304 e. The molecule has 0 radical (unpaired) electrons. The Morgan fingerprint density at radius 2 is 2.10 bits per heavy atom. The van der Waals surface area contributed by atoms with Crippen molar-refractivity contribution in [3.8, 4) is 5.69 Å². The number of rotatable bonds is 9. The van der Waals surface area contributed by atoms with Gasteiger partial charge in [0.05, 0.1) is 39.8 Å². The molecule has 0 amide bonds. The number of hydrogen-bond acceptors (Lipinski definition) is 6. The smallest absolute Gasteiger partial charge is 0.304 e. The van der Waals surface area contributed by atoms with Crippen molar-refractivity contribution in [2.45, 2.75) is 6.42 Å². The van der Waals surface area contributed by atoms with Gasteiger partial charge in [0.1, 0.15) is 5.82 Å². The number of hydrogen-bond donors (Lipinski definition) is 2. The van der Waals surface area contributed by atoms with Gasteiger partial charge in [0.2, 0.25) is 10.0 Å². The number of carboxylic acids is 1. The number of nitrogens with zero attached hydrogens (tertiary/aromatic N) is 4. The molecule has 3 aromatic rings. The Morgan fingerprint density at radius 1 is 1.33 bits per heavy atom. The van der Waals surface area contributed by atoms with Crippen molar-refractivity contribution in [1.82, 2.24) is 19.3 Å². The topological polar surface area (TPSA) is 117 Å². The van der Waals surface area contributed by atoms with E-state index >= 15 is 0 Å². The van der Waals surface area contributed by atoms with Crippen molar-refractivity contribution in [2.24, 2.45) is 0 Å². The lowest BCUT2D eigenvalue weighted by Gasteiger charge is -2.21. The van der Waals surface area contributed by atoms with Gasteiger partial charge in [0.25, 0.3) is 0 Å². The molecule has 1 aromatic carbocycles. The van der Waals surface area contributed by atoms with Crippen LogP contribution in [0.25, 0.3) is 16.6 Å². The van der Waals surface area contributed by atoms with Crippen LogP contribution in [0, 0.1) is 0 Å². The number of aliphatic carboxylic acids is 1. The van der Waals surface area contributed by atoms with Crippen molar-refractivity contribution in [3.05, 3.63) is 47.0 Å². The SMILES string of the molecule is CN(CCS(=O)(=O)NCCC(=O)O)c1cc(-n2ccnc2)c2ccc(Cl)c(Cl)c2n1. The first-order valence-corrected chi connectivity index (χ1v) is 11.3. The van der Waals surface area contributed by atoms with Crippen LogP contribution >= 0.6 is 23.2 Å². The Morgan fingerprint density at radius 3 is 2.77 bits per heavy atom. The summed E-state index contributed by atoms with van der Waals surface area (Å²) in [6, 6.07) is 5.30. The van der Waals surface area contributed by atoms with Crippen LogP contribution in [0.5, 0.6) is 0 Å². The summed E-state index contributed by atoms with van der Waals surface area (Å²) >= 11 is 12.5. The van der Waals surface area contributed by atoms with Crippen LogP contribution in [-0.4, -0.2) is 59.9 Å². The summed E-state index contributed by atoms with van der Waals surface area (Å²) in [5, 5.41) is 10.1. The van der Waals surface area contributed by atoms with E-state index in [9.17, 15) is 13.2 Å². The fourth-order valence-electron chi connectivity index (χ4n) is 2.77. The van der Waals surface area contributed by atoms with Crippen molar-refractivity contribution < 1.29 is 18.3 Å². The highest BCUT2D eigenvalue weighted by Crippen LogP contribution is 2.34. The molecule has 0 aliphatic carbocycles. The van der Waals surface area contributed by atoms with Gasteiger partial charge in [0.15, 0.2) is 0 Å². The standard InChI is InChI=1S/C18H19Cl2N5O4S/c1-24(8-9-30(28,29)22-5-4-16(26)27)15-10-14(25-7-6-21-11-25)12-2-3-13(19)17(20)18(12)23-15/h2-3,6-7,10-11,22H,4-5,8-9H2,1H3,(H,26,27). The molecule has 3 rings (SSSR count). The largest absolute Gasteiger partial charge is 0.481 e. The summed E-state index contributed by atoms with van der Waals surface area (Å²) in [7, 11) is -1.93. The van der Waals surface area contributed by atoms with Gasteiger partial charge < -0.3 is 14.6 Å². The Kier molecular flexibility index (Phi) is 6.81. The molecule has 0 saturated heterocycles. The average Bonchev–Trinajstić information content (AvgIpc) is 3.22. The molecule has 0 unspecified atom stereocenters. The molecule has 30 heavy (non-hydrogen) atoms. The van der Waals surface area contributed by atoms with Crippen LogP contribution in [0.2, 0.25) is 10.0 Å². The lowest BCUT2D eigenvalue weighted by molar-refractivity contribution is -0.136. The molecule has 2 aromatic heterocycles. The quantitative estimate of drug-likeness (QED) is 0.492. The van der Waals surface area contributed by atoms with E-state index in [4.69, 9.17) is 28.3 Å². The van der Waals surface area contributed by atoms with Gasteiger partial charge in [-0.25, -0.2) is 23.1 Å². The van der Waals surface area contributed by atoms with E-state index < -0.39 is 16.0 Å². The highest BCUT2D eigenvalue weighted by molar-refractivity contribution is 7.89. The first kappa shape index (κ1) is 22.3. The number of benzene rings is 1. The third-order valence-corrected chi connectivity index (χ3v) is 6.53. The van der Waals surface area contributed by atoms with E-state index in [1.165, 1.54) is 0 Å². The first-order valence-electron chi connectivity index (χ1n) is 8.85. The first-order chi connectivity index (χ1) is 14.2. The molecule has 0 aliphatic rings. The average molecular weight is 472 g/mol. The predicted octanol–water partition coefficient (Wildman–Crippen LogP) is 2.56. The van der Waals surface area contributed by atoms with E-state index in [1.54, 1.807) is 47.4 Å². The number of fused-ring (bicyclic) bond motifs is 1.